The number of ether oxygens (including phenoxy) is 1. The number of esters is 1. The maximum Gasteiger partial charge on any atom is 0.311 e. The minimum atomic E-state index is -0.436. The van der Waals surface area contributed by atoms with Crippen molar-refractivity contribution in [1.82, 2.24) is 0 Å². The van der Waals surface area contributed by atoms with Crippen LogP contribution in [0.3, 0.4) is 0 Å². The molecule has 1 aliphatic carbocycles. The molecule has 0 radical (unpaired) electrons. The van der Waals surface area contributed by atoms with Crippen molar-refractivity contribution in [2.45, 2.75) is 92.9 Å². The number of unbranched alkanes of at least 4 members (excludes halogenated alkanes) is 3. The Morgan fingerprint density at radius 1 is 0.914 bits per heavy atom. The first-order valence-electron chi connectivity index (χ1n) is 13.6. The smallest absolute Gasteiger partial charge is 0.311 e. The Balaban J connectivity index is 1.38. The summed E-state index contributed by atoms with van der Waals surface area (Å²) in [5, 5.41) is 0. The molecule has 0 bridgehead atoms. The van der Waals surface area contributed by atoms with E-state index in [0.717, 1.165) is 38.5 Å². The molecule has 0 saturated heterocycles. The Bertz CT molecular complexity index is 992. The van der Waals surface area contributed by atoms with E-state index in [1.54, 1.807) is 0 Å². The number of aryl methyl sites for hydroxylation is 2. The number of rotatable bonds is 11. The molecule has 1 atom stereocenters. The zero-order valence-corrected chi connectivity index (χ0v) is 23.0. The molecular formula is C33H46O2. The zero-order chi connectivity index (χ0) is 25.5. The lowest BCUT2D eigenvalue weighted by atomic mass is 9.72. The fourth-order valence-corrected chi connectivity index (χ4v) is 5.08. The van der Waals surface area contributed by atoms with Crippen LogP contribution in [0.5, 0.6) is 0 Å². The molecule has 2 aromatic rings. The SMILES string of the molecule is CC(CC(C)(C)C)C(C)(C)C(=O)OCCCCCCc1ccc2c(c1)C=C(c1ccccc1)CC2. The van der Waals surface area contributed by atoms with Gasteiger partial charge in [-0.15, -0.1) is 0 Å². The molecule has 0 saturated carbocycles. The van der Waals surface area contributed by atoms with Gasteiger partial charge in [-0.05, 0) is 91.5 Å². The molecule has 2 heteroatoms. The van der Waals surface area contributed by atoms with Crippen LogP contribution in [0.2, 0.25) is 0 Å². The van der Waals surface area contributed by atoms with Crippen LogP contribution < -0.4 is 0 Å². The fourth-order valence-electron chi connectivity index (χ4n) is 5.08. The maximum atomic E-state index is 12.7. The summed E-state index contributed by atoms with van der Waals surface area (Å²) >= 11 is 0. The molecule has 0 N–H and O–H groups in total. The summed E-state index contributed by atoms with van der Waals surface area (Å²) < 4.78 is 5.67. The number of hydrogen-bond donors (Lipinski definition) is 0. The maximum absolute atomic E-state index is 12.7. The average molecular weight is 475 g/mol. The number of carbonyl (C=O) groups excluding carboxylic acids is 1. The molecule has 2 aromatic carbocycles. The Kier molecular flexibility index (Phi) is 9.39. The third-order valence-electron chi connectivity index (χ3n) is 7.62. The number of benzene rings is 2. The van der Waals surface area contributed by atoms with Crippen molar-refractivity contribution in [3.63, 3.8) is 0 Å². The van der Waals surface area contributed by atoms with Gasteiger partial charge >= 0.3 is 5.97 Å². The standard InChI is InChI=1S/C33H46O2/c1-25(24-32(2,3)4)33(5,6)31(34)35-21-13-8-7-10-14-26-17-18-28-19-20-29(23-30(28)22-26)27-15-11-9-12-16-27/h9,11-12,15-18,22-23,25H,7-8,10,13-14,19-21,24H2,1-6H3. The van der Waals surface area contributed by atoms with Crippen molar-refractivity contribution in [3.05, 3.63) is 70.8 Å². The van der Waals surface area contributed by atoms with Crippen LogP contribution in [-0.2, 0) is 22.4 Å². The second-order valence-electron chi connectivity index (χ2n) is 12.3. The van der Waals surface area contributed by atoms with Crippen molar-refractivity contribution < 1.29 is 9.53 Å². The van der Waals surface area contributed by atoms with E-state index in [1.165, 1.54) is 40.7 Å². The minimum absolute atomic E-state index is 0.0498. The molecule has 190 valence electrons. The van der Waals surface area contributed by atoms with Gasteiger partial charge < -0.3 is 4.74 Å². The molecule has 0 fully saturated rings. The van der Waals surface area contributed by atoms with E-state index in [4.69, 9.17) is 4.74 Å². The van der Waals surface area contributed by atoms with Crippen LogP contribution in [-0.4, -0.2) is 12.6 Å². The molecule has 35 heavy (non-hydrogen) atoms. The molecule has 0 aliphatic heterocycles. The van der Waals surface area contributed by atoms with Gasteiger partial charge in [0.2, 0.25) is 0 Å². The van der Waals surface area contributed by atoms with Crippen molar-refractivity contribution in [1.29, 1.82) is 0 Å². The average Bonchev–Trinajstić information content (AvgIpc) is 2.82. The second kappa shape index (κ2) is 12.1. The number of hydrogen-bond acceptors (Lipinski definition) is 2. The lowest BCUT2D eigenvalue weighted by molar-refractivity contribution is -0.157. The largest absolute Gasteiger partial charge is 0.465 e. The summed E-state index contributed by atoms with van der Waals surface area (Å²) in [5.74, 6) is 0.247. The van der Waals surface area contributed by atoms with E-state index in [-0.39, 0.29) is 11.4 Å². The molecule has 0 amide bonds. The quantitative estimate of drug-likeness (QED) is 0.240. The first-order chi connectivity index (χ1) is 16.6. The van der Waals surface area contributed by atoms with Crippen molar-refractivity contribution in [2.75, 3.05) is 6.61 Å². The molecule has 1 unspecified atom stereocenters. The third kappa shape index (κ3) is 8.09. The van der Waals surface area contributed by atoms with Crippen LogP contribution in [0.25, 0.3) is 11.6 Å². The van der Waals surface area contributed by atoms with Gasteiger partial charge in [-0.1, -0.05) is 95.1 Å². The van der Waals surface area contributed by atoms with Gasteiger partial charge in [0.05, 0.1) is 12.0 Å². The van der Waals surface area contributed by atoms with Crippen LogP contribution in [0.1, 0.15) is 102 Å². The van der Waals surface area contributed by atoms with E-state index < -0.39 is 5.41 Å². The lowest BCUT2D eigenvalue weighted by Gasteiger charge is -2.34. The second-order valence-corrected chi connectivity index (χ2v) is 12.3. The van der Waals surface area contributed by atoms with Gasteiger partial charge in [-0.3, -0.25) is 4.79 Å². The molecular weight excluding hydrogens is 428 g/mol. The molecule has 3 rings (SSSR count). The van der Waals surface area contributed by atoms with Crippen molar-refractivity contribution in [3.8, 4) is 0 Å². The highest BCUT2D eigenvalue weighted by Gasteiger charge is 2.37. The highest BCUT2D eigenvalue weighted by molar-refractivity contribution is 5.84. The number of fused-ring (bicyclic) bond motifs is 1. The fraction of sp³-hybridized carbons (Fsp3) is 0.545. The lowest BCUT2D eigenvalue weighted by Crippen LogP contribution is -2.35. The topological polar surface area (TPSA) is 26.3 Å². The number of allylic oxidation sites excluding steroid dienone is 1. The van der Waals surface area contributed by atoms with E-state index in [1.807, 2.05) is 13.8 Å². The highest BCUT2D eigenvalue weighted by atomic mass is 16.5. The molecule has 1 aliphatic rings. The highest BCUT2D eigenvalue weighted by Crippen LogP contribution is 2.37. The van der Waals surface area contributed by atoms with Crippen LogP contribution in [0.15, 0.2) is 48.5 Å². The monoisotopic (exact) mass is 474 g/mol. The predicted octanol–water partition coefficient (Wildman–Crippen LogP) is 8.92. The molecule has 0 heterocycles. The summed E-state index contributed by atoms with van der Waals surface area (Å²) in [7, 11) is 0. The van der Waals surface area contributed by atoms with Gasteiger partial charge in [0.15, 0.2) is 0 Å². The van der Waals surface area contributed by atoms with Crippen molar-refractivity contribution >= 4 is 17.6 Å². The molecule has 0 spiro atoms. The van der Waals surface area contributed by atoms with E-state index in [2.05, 4.69) is 82.3 Å². The Labute approximate surface area is 214 Å². The predicted molar refractivity (Wildman–Crippen MR) is 149 cm³/mol. The summed E-state index contributed by atoms with van der Waals surface area (Å²) in [4.78, 5) is 12.7. The Hall–Kier alpha value is -2.35. The Morgan fingerprint density at radius 3 is 2.34 bits per heavy atom. The summed E-state index contributed by atoms with van der Waals surface area (Å²) in [6.07, 6.45) is 11.2. The van der Waals surface area contributed by atoms with Gasteiger partial charge in [0.25, 0.3) is 0 Å². The van der Waals surface area contributed by atoms with Crippen molar-refractivity contribution in [2.24, 2.45) is 16.7 Å². The Morgan fingerprint density at radius 2 is 1.63 bits per heavy atom. The minimum Gasteiger partial charge on any atom is -0.465 e. The van der Waals surface area contributed by atoms with Gasteiger partial charge in [0.1, 0.15) is 0 Å². The van der Waals surface area contributed by atoms with Gasteiger partial charge in [0, 0.05) is 0 Å². The third-order valence-corrected chi connectivity index (χ3v) is 7.62. The molecule has 0 aromatic heterocycles. The van der Waals surface area contributed by atoms with Crippen LogP contribution >= 0.6 is 0 Å². The normalized spacial score (nSPS) is 14.7. The summed E-state index contributed by atoms with van der Waals surface area (Å²) in [6.45, 7) is 13.5. The first kappa shape index (κ1) is 27.2. The van der Waals surface area contributed by atoms with Gasteiger partial charge in [-0.25, -0.2) is 0 Å². The van der Waals surface area contributed by atoms with E-state index >= 15 is 0 Å². The van der Waals surface area contributed by atoms with E-state index in [9.17, 15) is 4.79 Å². The number of carbonyl (C=O) groups is 1. The summed E-state index contributed by atoms with van der Waals surface area (Å²) in [6, 6.07) is 17.8. The van der Waals surface area contributed by atoms with Gasteiger partial charge in [-0.2, -0.15) is 0 Å². The first-order valence-corrected chi connectivity index (χ1v) is 13.6. The zero-order valence-electron chi connectivity index (χ0n) is 23.0. The molecule has 2 nitrogen and oxygen atoms in total. The van der Waals surface area contributed by atoms with Crippen LogP contribution in [0.4, 0.5) is 0 Å². The van der Waals surface area contributed by atoms with Crippen LogP contribution in [0, 0.1) is 16.7 Å². The van der Waals surface area contributed by atoms with E-state index in [0.29, 0.717) is 12.5 Å². The summed E-state index contributed by atoms with van der Waals surface area (Å²) in [5.41, 5.74) is 6.86.